The molecule has 0 saturated carbocycles. The zero-order valence-electron chi connectivity index (χ0n) is 7.07. The zero-order chi connectivity index (χ0) is 11.6. The number of aliphatic hydroxyl groups is 3. The largest absolute Gasteiger partial charge is 0.481 e. The minimum Gasteiger partial charge on any atom is -0.481 e. The topological polar surface area (TPSA) is 127 Å². The molecule has 1 atom stereocenters. The Morgan fingerprint density at radius 1 is 1.43 bits per heavy atom. The molecule has 0 aromatic heterocycles. The number of rotatable bonds is 4. The van der Waals surface area contributed by atoms with Gasteiger partial charge in [-0.05, 0) is 0 Å². The number of isocyanates is 1. The van der Waals surface area contributed by atoms with Crippen LogP contribution in [0.4, 0.5) is 0 Å². The predicted octanol–water partition coefficient (Wildman–Crippen LogP) is -1.66. The molecule has 0 rings (SSSR count). The van der Waals surface area contributed by atoms with Crippen molar-refractivity contribution in [1.29, 1.82) is 0 Å². The molecular formula is C6H11NO6S. The fraction of sp³-hybridized carbons (Fsp3) is 0.667. The maximum atomic E-state index is 9.55. The molecule has 14 heavy (non-hydrogen) atoms. The van der Waals surface area contributed by atoms with Gasteiger partial charge in [0.15, 0.2) is 0 Å². The molecule has 0 saturated heterocycles. The molecule has 0 spiro atoms. The van der Waals surface area contributed by atoms with Crippen molar-refractivity contribution >= 4 is 24.7 Å². The summed E-state index contributed by atoms with van der Waals surface area (Å²) < 4.78 is 0. The zero-order valence-corrected chi connectivity index (χ0v) is 7.96. The van der Waals surface area contributed by atoms with Crippen LogP contribution in [0.5, 0.6) is 0 Å². The van der Waals surface area contributed by atoms with Crippen LogP contribution >= 0.6 is 12.6 Å². The van der Waals surface area contributed by atoms with E-state index in [0.717, 1.165) is 6.08 Å². The number of aliphatic imine (C=N–C) groups is 1. The molecule has 1 unspecified atom stereocenters. The van der Waals surface area contributed by atoms with Gasteiger partial charge in [0.25, 0.3) is 0 Å². The Balaban J connectivity index is 0. The highest BCUT2D eigenvalue weighted by Crippen LogP contribution is 1.86. The lowest BCUT2D eigenvalue weighted by Crippen LogP contribution is -2.22. The lowest BCUT2D eigenvalue weighted by atomic mass is 10.5. The Hall–Kier alpha value is -0.920. The standard InChI is InChI=1S/C3H5NO4.C3H6O2S/c5-1-4-2(6)3(7)8;4-3(5)1-2-6/h2-3,6-8H;6H,1-2H2,(H,4,5). The summed E-state index contributed by atoms with van der Waals surface area (Å²) >= 11 is 3.68. The number of aliphatic carboxylic acids is 1. The van der Waals surface area contributed by atoms with Crippen LogP contribution < -0.4 is 0 Å². The number of hydrogen-bond donors (Lipinski definition) is 5. The van der Waals surface area contributed by atoms with Gasteiger partial charge in [-0.2, -0.15) is 17.6 Å². The molecule has 0 heterocycles. The third-order valence-electron chi connectivity index (χ3n) is 0.777. The SMILES string of the molecule is O=C(O)CCS.O=C=NC(O)C(O)O. The molecule has 0 bridgehead atoms. The first-order chi connectivity index (χ1) is 6.45. The van der Waals surface area contributed by atoms with E-state index in [1.54, 1.807) is 0 Å². The van der Waals surface area contributed by atoms with Crippen molar-refractivity contribution in [3.05, 3.63) is 0 Å². The number of thiol groups is 1. The molecule has 0 radical (unpaired) electrons. The van der Waals surface area contributed by atoms with Gasteiger partial charge >= 0.3 is 5.97 Å². The van der Waals surface area contributed by atoms with E-state index in [1.807, 2.05) is 0 Å². The second-order valence-electron chi connectivity index (χ2n) is 1.91. The van der Waals surface area contributed by atoms with Crippen molar-refractivity contribution in [2.45, 2.75) is 18.9 Å². The molecule has 8 heteroatoms. The average molecular weight is 225 g/mol. The van der Waals surface area contributed by atoms with E-state index in [-0.39, 0.29) is 6.42 Å². The molecule has 4 N–H and O–H groups in total. The smallest absolute Gasteiger partial charge is 0.304 e. The molecule has 82 valence electrons. The Kier molecular flexibility index (Phi) is 11.3. The minimum absolute atomic E-state index is 0.156. The van der Waals surface area contributed by atoms with Crippen molar-refractivity contribution in [2.24, 2.45) is 4.99 Å². The molecule has 0 aromatic carbocycles. The quantitative estimate of drug-likeness (QED) is 0.169. The number of nitrogens with zero attached hydrogens (tertiary/aromatic N) is 1. The maximum absolute atomic E-state index is 9.55. The summed E-state index contributed by atoms with van der Waals surface area (Å²) in [7, 11) is 0. The third-order valence-corrected chi connectivity index (χ3v) is 1.00. The first-order valence-electron chi connectivity index (χ1n) is 3.39. The van der Waals surface area contributed by atoms with Crippen molar-refractivity contribution in [1.82, 2.24) is 0 Å². The molecule has 0 aliphatic carbocycles. The van der Waals surface area contributed by atoms with Gasteiger partial charge in [-0.25, -0.2) is 4.79 Å². The van der Waals surface area contributed by atoms with E-state index in [9.17, 15) is 9.59 Å². The Labute approximate surface area is 85.1 Å². The Bertz CT molecular complexity index is 202. The summed E-state index contributed by atoms with van der Waals surface area (Å²) in [5, 5.41) is 32.0. The number of carboxylic acids is 1. The molecular weight excluding hydrogens is 214 g/mol. The molecule has 0 amide bonds. The van der Waals surface area contributed by atoms with Crippen LogP contribution in [0.3, 0.4) is 0 Å². The number of carboxylic acid groups (broad SMARTS) is 1. The lowest BCUT2D eigenvalue weighted by Gasteiger charge is -2.02. The van der Waals surface area contributed by atoms with Crippen LogP contribution in [-0.4, -0.2) is 50.7 Å². The van der Waals surface area contributed by atoms with Crippen LogP contribution in [0.1, 0.15) is 6.42 Å². The number of hydrogen-bond acceptors (Lipinski definition) is 7. The predicted molar refractivity (Wildman–Crippen MR) is 48.5 cm³/mol. The maximum Gasteiger partial charge on any atom is 0.304 e. The molecule has 0 aliphatic heterocycles. The summed E-state index contributed by atoms with van der Waals surface area (Å²) in [6.07, 6.45) is -2.66. The second-order valence-corrected chi connectivity index (χ2v) is 2.36. The Morgan fingerprint density at radius 2 is 1.93 bits per heavy atom. The number of aliphatic hydroxyl groups excluding tert-OH is 2. The number of carbonyl (C=O) groups excluding carboxylic acids is 1. The van der Waals surface area contributed by atoms with E-state index < -0.39 is 18.5 Å². The Morgan fingerprint density at radius 3 is 2.00 bits per heavy atom. The van der Waals surface area contributed by atoms with Gasteiger partial charge in [-0.3, -0.25) is 4.79 Å². The molecule has 0 aliphatic rings. The summed E-state index contributed by atoms with van der Waals surface area (Å²) in [6, 6.07) is 0. The normalized spacial score (nSPS) is 10.9. The van der Waals surface area contributed by atoms with Crippen molar-refractivity contribution in [3.63, 3.8) is 0 Å². The van der Waals surface area contributed by atoms with Crippen molar-refractivity contribution in [2.75, 3.05) is 5.75 Å². The highest BCUT2D eigenvalue weighted by Gasteiger charge is 2.08. The summed E-state index contributed by atoms with van der Waals surface area (Å²) in [4.78, 5) is 21.4. The van der Waals surface area contributed by atoms with E-state index in [0.29, 0.717) is 5.75 Å². The number of carbonyl (C=O) groups is 1. The van der Waals surface area contributed by atoms with Crippen LogP contribution in [0.25, 0.3) is 0 Å². The van der Waals surface area contributed by atoms with Crippen LogP contribution in [0.2, 0.25) is 0 Å². The van der Waals surface area contributed by atoms with Gasteiger partial charge in [0.1, 0.15) is 0 Å². The minimum atomic E-state index is -2.00. The van der Waals surface area contributed by atoms with E-state index >= 15 is 0 Å². The molecule has 0 aromatic rings. The van der Waals surface area contributed by atoms with Crippen LogP contribution in [-0.2, 0) is 9.59 Å². The van der Waals surface area contributed by atoms with Gasteiger partial charge in [-0.1, -0.05) is 0 Å². The molecule has 0 fully saturated rings. The highest BCUT2D eigenvalue weighted by molar-refractivity contribution is 7.80. The average Bonchev–Trinajstić information content (AvgIpc) is 2.05. The van der Waals surface area contributed by atoms with Crippen molar-refractivity contribution in [3.8, 4) is 0 Å². The summed E-state index contributed by atoms with van der Waals surface area (Å²) in [5.41, 5.74) is 0. The van der Waals surface area contributed by atoms with Gasteiger partial charge < -0.3 is 20.4 Å². The van der Waals surface area contributed by atoms with Gasteiger partial charge in [-0.15, -0.1) is 0 Å². The summed E-state index contributed by atoms with van der Waals surface area (Å²) in [6.45, 7) is 0. The van der Waals surface area contributed by atoms with E-state index in [1.165, 1.54) is 0 Å². The van der Waals surface area contributed by atoms with E-state index in [2.05, 4.69) is 17.6 Å². The summed E-state index contributed by atoms with van der Waals surface area (Å²) in [5.74, 6) is -0.361. The van der Waals surface area contributed by atoms with Gasteiger partial charge in [0.2, 0.25) is 18.6 Å². The third kappa shape index (κ3) is 13.7. The lowest BCUT2D eigenvalue weighted by molar-refractivity contribution is -0.136. The van der Waals surface area contributed by atoms with Crippen LogP contribution in [0.15, 0.2) is 4.99 Å². The monoisotopic (exact) mass is 225 g/mol. The van der Waals surface area contributed by atoms with E-state index in [4.69, 9.17) is 20.4 Å². The van der Waals surface area contributed by atoms with Crippen LogP contribution in [0, 0.1) is 0 Å². The first kappa shape index (κ1) is 15.5. The van der Waals surface area contributed by atoms with Gasteiger partial charge in [0.05, 0.1) is 6.42 Å². The molecule has 7 nitrogen and oxygen atoms in total. The fourth-order valence-corrected chi connectivity index (χ4v) is 0.408. The second kappa shape index (κ2) is 10.2. The fourth-order valence-electron chi connectivity index (χ4n) is 0.216. The van der Waals surface area contributed by atoms with Gasteiger partial charge in [0, 0.05) is 5.75 Å². The highest BCUT2D eigenvalue weighted by atomic mass is 32.1. The van der Waals surface area contributed by atoms with Crippen molar-refractivity contribution < 1.29 is 30.0 Å². The first-order valence-corrected chi connectivity index (χ1v) is 4.02.